The Hall–Kier alpha value is -2.54. The van der Waals surface area contributed by atoms with Crippen LogP contribution in [-0.2, 0) is 0 Å². The normalized spacial score (nSPS) is 12.0. The molecule has 1 N–H and O–H groups in total. The van der Waals surface area contributed by atoms with Crippen LogP contribution in [0.3, 0.4) is 0 Å². The van der Waals surface area contributed by atoms with Crippen molar-refractivity contribution in [2.24, 2.45) is 0 Å². The monoisotopic (exact) mass is 399 g/mol. The number of nitrogens with zero attached hydrogens (tertiary/aromatic N) is 4. The Morgan fingerprint density at radius 2 is 1.96 bits per heavy atom. The van der Waals surface area contributed by atoms with E-state index in [4.69, 9.17) is 0 Å². The first-order chi connectivity index (χ1) is 12.0. The van der Waals surface area contributed by atoms with Crippen LogP contribution in [0.1, 0.15) is 40.3 Å². The molecule has 0 aliphatic carbocycles. The molecule has 1 amide bonds. The van der Waals surface area contributed by atoms with Gasteiger partial charge in [-0.05, 0) is 72.7 Å². The van der Waals surface area contributed by atoms with E-state index in [1.54, 1.807) is 4.68 Å². The van der Waals surface area contributed by atoms with E-state index < -0.39 is 0 Å². The van der Waals surface area contributed by atoms with E-state index in [9.17, 15) is 4.79 Å². The molecule has 0 spiro atoms. The Morgan fingerprint density at radius 3 is 2.68 bits per heavy atom. The van der Waals surface area contributed by atoms with Gasteiger partial charge < -0.3 is 5.32 Å². The van der Waals surface area contributed by atoms with E-state index in [1.165, 1.54) is 0 Å². The fraction of sp³-hybridized carbons (Fsp3) is 0.222. The van der Waals surface area contributed by atoms with Gasteiger partial charge in [-0.15, -0.1) is 5.10 Å². The van der Waals surface area contributed by atoms with E-state index in [-0.39, 0.29) is 11.9 Å². The highest BCUT2D eigenvalue weighted by Gasteiger charge is 2.19. The predicted octanol–water partition coefficient (Wildman–Crippen LogP) is 3.53. The second-order valence-corrected chi connectivity index (χ2v) is 6.84. The van der Waals surface area contributed by atoms with Crippen LogP contribution in [0.2, 0.25) is 0 Å². The molecule has 0 saturated heterocycles. The molecule has 1 heterocycles. The van der Waals surface area contributed by atoms with Crippen LogP contribution >= 0.6 is 15.9 Å². The zero-order valence-corrected chi connectivity index (χ0v) is 15.8. The van der Waals surface area contributed by atoms with Gasteiger partial charge in [0, 0.05) is 10.0 Å². The number of aryl methyl sites for hydroxylation is 2. The van der Waals surface area contributed by atoms with Gasteiger partial charge in [0.2, 0.25) is 0 Å². The van der Waals surface area contributed by atoms with E-state index in [2.05, 4.69) is 36.8 Å². The van der Waals surface area contributed by atoms with Crippen molar-refractivity contribution in [1.82, 2.24) is 25.5 Å². The Bertz CT molecular complexity index is 921. The van der Waals surface area contributed by atoms with Crippen LogP contribution in [0.5, 0.6) is 0 Å². The third-order valence-corrected chi connectivity index (χ3v) is 4.54. The minimum absolute atomic E-state index is 0.153. The Labute approximate surface area is 154 Å². The minimum atomic E-state index is -0.344. The van der Waals surface area contributed by atoms with Crippen molar-refractivity contribution in [2.45, 2.75) is 26.8 Å². The fourth-order valence-electron chi connectivity index (χ4n) is 2.48. The first-order valence-electron chi connectivity index (χ1n) is 7.88. The minimum Gasteiger partial charge on any atom is -0.342 e. The second kappa shape index (κ2) is 7.14. The van der Waals surface area contributed by atoms with Crippen LogP contribution in [0, 0.1) is 13.8 Å². The molecule has 1 aromatic heterocycles. The van der Waals surface area contributed by atoms with Crippen molar-refractivity contribution in [3.63, 3.8) is 0 Å². The molecule has 0 bridgehead atoms. The molecule has 128 valence electrons. The maximum absolute atomic E-state index is 12.5. The summed E-state index contributed by atoms with van der Waals surface area (Å²) >= 11 is 3.44. The molecule has 7 heteroatoms. The molecular formula is C18H18BrN5O. The number of aromatic nitrogens is 4. The number of hydrogen-bond acceptors (Lipinski definition) is 4. The van der Waals surface area contributed by atoms with Gasteiger partial charge in [-0.2, -0.15) is 4.68 Å². The molecule has 6 nitrogen and oxygen atoms in total. The molecular weight excluding hydrogens is 382 g/mol. The highest BCUT2D eigenvalue weighted by atomic mass is 79.9. The largest absolute Gasteiger partial charge is 0.342 e. The molecule has 0 saturated carbocycles. The predicted molar refractivity (Wildman–Crippen MR) is 98.7 cm³/mol. The van der Waals surface area contributed by atoms with Crippen LogP contribution in [0.25, 0.3) is 5.69 Å². The number of rotatable bonds is 4. The molecule has 0 aliphatic heterocycles. The third kappa shape index (κ3) is 3.76. The number of amides is 1. The number of carbonyl (C=O) groups excluding carboxylic acids is 1. The molecule has 1 atom stereocenters. The summed E-state index contributed by atoms with van der Waals surface area (Å²) in [6, 6.07) is 13.0. The molecule has 1 unspecified atom stereocenters. The number of carbonyl (C=O) groups is 1. The third-order valence-electron chi connectivity index (χ3n) is 4.05. The van der Waals surface area contributed by atoms with Gasteiger partial charge in [0.1, 0.15) is 0 Å². The number of hydrogen-bond donors (Lipinski definition) is 1. The average molecular weight is 400 g/mol. The summed E-state index contributed by atoms with van der Waals surface area (Å²) in [7, 11) is 0. The van der Waals surface area contributed by atoms with Gasteiger partial charge in [0.15, 0.2) is 5.82 Å². The Kier molecular flexibility index (Phi) is 4.94. The van der Waals surface area contributed by atoms with Crippen molar-refractivity contribution in [3.8, 4) is 5.69 Å². The molecule has 25 heavy (non-hydrogen) atoms. The van der Waals surface area contributed by atoms with Crippen molar-refractivity contribution in [3.05, 3.63) is 69.5 Å². The van der Waals surface area contributed by atoms with Crippen LogP contribution in [0.4, 0.5) is 0 Å². The number of benzene rings is 2. The first-order valence-corrected chi connectivity index (χ1v) is 8.67. The van der Waals surface area contributed by atoms with Gasteiger partial charge in [0.25, 0.3) is 5.91 Å². The molecule has 2 aromatic carbocycles. The smallest absolute Gasteiger partial charge is 0.251 e. The summed E-state index contributed by atoms with van der Waals surface area (Å²) in [5.41, 5.74) is 3.68. The lowest BCUT2D eigenvalue weighted by atomic mass is 10.1. The van der Waals surface area contributed by atoms with Crippen LogP contribution < -0.4 is 5.32 Å². The van der Waals surface area contributed by atoms with Gasteiger partial charge in [-0.3, -0.25) is 4.79 Å². The molecule has 0 aliphatic rings. The molecule has 3 aromatic rings. The summed E-state index contributed by atoms with van der Waals surface area (Å²) in [6.45, 7) is 5.87. The lowest BCUT2D eigenvalue weighted by molar-refractivity contribution is 0.0938. The average Bonchev–Trinajstić information content (AvgIpc) is 3.07. The summed E-state index contributed by atoms with van der Waals surface area (Å²) in [5, 5.41) is 14.8. The van der Waals surface area contributed by atoms with Gasteiger partial charge >= 0.3 is 0 Å². The van der Waals surface area contributed by atoms with Crippen molar-refractivity contribution < 1.29 is 4.79 Å². The fourth-order valence-corrected chi connectivity index (χ4v) is 2.87. The zero-order chi connectivity index (χ0) is 18.0. The first kappa shape index (κ1) is 17.3. The topological polar surface area (TPSA) is 72.7 Å². The lowest BCUT2D eigenvalue weighted by Gasteiger charge is -2.14. The Morgan fingerprint density at radius 1 is 1.16 bits per heavy atom. The van der Waals surface area contributed by atoms with E-state index in [0.29, 0.717) is 11.4 Å². The summed E-state index contributed by atoms with van der Waals surface area (Å²) < 4.78 is 2.55. The molecule has 0 radical (unpaired) electrons. The SMILES string of the molecule is Cc1ccc(C(=O)NC(C)c2nnnn2-c2cccc(Br)c2)cc1C. The molecule has 0 fully saturated rings. The van der Waals surface area contributed by atoms with Crippen molar-refractivity contribution in [2.75, 3.05) is 0 Å². The highest BCUT2D eigenvalue weighted by Crippen LogP contribution is 2.18. The van der Waals surface area contributed by atoms with Crippen molar-refractivity contribution >= 4 is 21.8 Å². The standard InChI is InChI=1S/C18H18BrN5O/c1-11-7-8-14(9-12(11)2)18(25)20-13(3)17-21-22-23-24(17)16-6-4-5-15(19)10-16/h4-10,13H,1-3H3,(H,20,25). The quantitative estimate of drug-likeness (QED) is 0.727. The summed E-state index contributed by atoms with van der Waals surface area (Å²) in [4.78, 5) is 12.5. The van der Waals surface area contributed by atoms with Gasteiger partial charge in [-0.1, -0.05) is 28.1 Å². The van der Waals surface area contributed by atoms with E-state index >= 15 is 0 Å². The van der Waals surface area contributed by atoms with Crippen LogP contribution in [0.15, 0.2) is 46.9 Å². The van der Waals surface area contributed by atoms with Gasteiger partial charge in [-0.25, -0.2) is 0 Å². The van der Waals surface area contributed by atoms with Gasteiger partial charge in [0.05, 0.1) is 11.7 Å². The lowest BCUT2D eigenvalue weighted by Crippen LogP contribution is -2.28. The number of halogens is 1. The second-order valence-electron chi connectivity index (χ2n) is 5.92. The Balaban J connectivity index is 1.82. The highest BCUT2D eigenvalue weighted by molar-refractivity contribution is 9.10. The van der Waals surface area contributed by atoms with E-state index in [1.807, 2.05) is 63.2 Å². The summed E-state index contributed by atoms with van der Waals surface area (Å²) in [6.07, 6.45) is 0. The maximum atomic E-state index is 12.5. The zero-order valence-electron chi connectivity index (χ0n) is 14.2. The molecule has 3 rings (SSSR count). The van der Waals surface area contributed by atoms with E-state index in [0.717, 1.165) is 21.3 Å². The number of nitrogens with one attached hydrogen (secondary N) is 1. The van der Waals surface area contributed by atoms with Crippen molar-refractivity contribution in [1.29, 1.82) is 0 Å². The maximum Gasteiger partial charge on any atom is 0.251 e. The summed E-state index contributed by atoms with van der Waals surface area (Å²) in [5.74, 6) is 0.412. The van der Waals surface area contributed by atoms with Crippen LogP contribution in [-0.4, -0.2) is 26.1 Å². The number of tetrazole rings is 1.